The number of benzene rings is 2. The number of rotatable bonds is 12. The largest absolute Gasteiger partial charge is 0.491 e. The van der Waals surface area contributed by atoms with Gasteiger partial charge in [-0.05, 0) is 78.9 Å². The third-order valence-electron chi connectivity index (χ3n) is 7.26. The van der Waals surface area contributed by atoms with Gasteiger partial charge < -0.3 is 14.4 Å². The maximum absolute atomic E-state index is 14.2. The highest BCUT2D eigenvalue weighted by Crippen LogP contribution is 2.32. The van der Waals surface area contributed by atoms with Crippen LogP contribution in [-0.4, -0.2) is 62.1 Å². The van der Waals surface area contributed by atoms with Crippen molar-refractivity contribution in [2.75, 3.05) is 26.9 Å². The van der Waals surface area contributed by atoms with Crippen LogP contribution < -0.4 is 9.46 Å². The minimum absolute atomic E-state index is 0.222. The smallest absolute Gasteiger partial charge is 0.273 e. The van der Waals surface area contributed by atoms with Crippen molar-refractivity contribution in [3.05, 3.63) is 94.4 Å². The number of methoxy groups -OCH3 is 1. The molecule has 1 unspecified atom stereocenters. The Labute approximate surface area is 250 Å². The van der Waals surface area contributed by atoms with Crippen LogP contribution in [0.5, 0.6) is 5.75 Å². The second-order valence-electron chi connectivity index (χ2n) is 10.2. The first-order valence-electron chi connectivity index (χ1n) is 13.8. The topological polar surface area (TPSA) is 111 Å². The first kappa shape index (κ1) is 29.9. The van der Waals surface area contributed by atoms with Gasteiger partial charge in [-0.1, -0.05) is 24.6 Å². The number of halogens is 1. The fourth-order valence-corrected chi connectivity index (χ4v) is 6.49. The van der Waals surface area contributed by atoms with Crippen molar-refractivity contribution < 1.29 is 22.7 Å². The van der Waals surface area contributed by atoms with Crippen LogP contribution in [0.15, 0.2) is 71.9 Å². The number of amides is 1. The molecule has 1 N–H and O–H groups in total. The molecule has 5 rings (SSSR count). The number of hydrogen-bond acceptors (Lipinski definition) is 7. The highest BCUT2D eigenvalue weighted by molar-refractivity contribution is 7.89. The summed E-state index contributed by atoms with van der Waals surface area (Å²) < 4.78 is 39.3. The van der Waals surface area contributed by atoms with Gasteiger partial charge in [-0.15, -0.1) is 0 Å². The Morgan fingerprint density at radius 2 is 1.90 bits per heavy atom. The van der Waals surface area contributed by atoms with Crippen molar-refractivity contribution in [3.8, 4) is 5.75 Å². The number of fused-ring (bicyclic) bond motifs is 2. The van der Waals surface area contributed by atoms with E-state index in [1.807, 2.05) is 19.1 Å². The molecule has 1 atom stereocenters. The van der Waals surface area contributed by atoms with E-state index in [1.165, 1.54) is 0 Å². The molecule has 42 heavy (non-hydrogen) atoms. The number of carbonyl (C=O) groups excluding carboxylic acids is 1. The lowest BCUT2D eigenvalue weighted by Gasteiger charge is -2.30. The van der Waals surface area contributed by atoms with E-state index < -0.39 is 10.0 Å². The SMILES string of the molecule is CCCNS(=O)(=O)c1ccc2c(c1)CC(N(Cc1cc(Cl)ccc1OCCOC)C(=O)c1ccc3cnccc3n1)C2. The van der Waals surface area contributed by atoms with E-state index in [9.17, 15) is 13.2 Å². The monoisotopic (exact) mass is 608 g/mol. The number of carbonyl (C=O) groups is 1. The van der Waals surface area contributed by atoms with Crippen LogP contribution in [-0.2, 0) is 34.1 Å². The van der Waals surface area contributed by atoms with Crippen molar-refractivity contribution in [3.63, 3.8) is 0 Å². The van der Waals surface area contributed by atoms with Gasteiger partial charge in [-0.2, -0.15) is 0 Å². The van der Waals surface area contributed by atoms with Gasteiger partial charge in [-0.25, -0.2) is 18.1 Å². The molecule has 4 aromatic rings. The minimum atomic E-state index is -3.62. The third kappa shape index (κ3) is 6.73. The van der Waals surface area contributed by atoms with Crippen LogP contribution in [0.1, 0.15) is 40.5 Å². The predicted molar refractivity (Wildman–Crippen MR) is 161 cm³/mol. The molecule has 0 saturated heterocycles. The van der Waals surface area contributed by atoms with E-state index in [0.29, 0.717) is 61.0 Å². The molecule has 0 spiro atoms. The summed E-state index contributed by atoms with van der Waals surface area (Å²) in [6, 6.07) is 15.6. The fourth-order valence-electron chi connectivity index (χ4n) is 5.11. The standard InChI is InChI=1S/C31H33ClN4O5S/c1-3-11-34-42(38,39)27-7-4-21-16-26(17-23(21)18-27)36(20-24-15-25(32)6-9-30(24)41-14-13-40-2)31(37)29-8-5-22-19-33-12-10-28(22)35-29/h4-10,12,15,18-19,26,34H,3,11,13-14,16-17,20H2,1-2H3. The Kier molecular flexibility index (Phi) is 9.37. The first-order valence-corrected chi connectivity index (χ1v) is 15.7. The number of pyridine rings is 2. The van der Waals surface area contributed by atoms with E-state index in [2.05, 4.69) is 14.7 Å². The molecule has 0 aliphatic heterocycles. The van der Waals surface area contributed by atoms with Crippen LogP contribution in [0.4, 0.5) is 0 Å². The summed E-state index contributed by atoms with van der Waals surface area (Å²) in [4.78, 5) is 25.0. The number of aromatic nitrogens is 2. The number of sulfonamides is 1. The number of nitrogens with zero attached hydrogens (tertiary/aromatic N) is 3. The summed E-state index contributed by atoms with van der Waals surface area (Å²) >= 11 is 6.39. The zero-order valence-electron chi connectivity index (χ0n) is 23.5. The molecule has 0 radical (unpaired) electrons. The van der Waals surface area contributed by atoms with Crippen molar-refractivity contribution in [1.29, 1.82) is 0 Å². The highest BCUT2D eigenvalue weighted by atomic mass is 35.5. The highest BCUT2D eigenvalue weighted by Gasteiger charge is 2.33. The van der Waals surface area contributed by atoms with E-state index in [-0.39, 0.29) is 23.4 Å². The predicted octanol–water partition coefficient (Wildman–Crippen LogP) is 4.81. The summed E-state index contributed by atoms with van der Waals surface area (Å²) in [7, 11) is -2.01. The summed E-state index contributed by atoms with van der Waals surface area (Å²) in [5, 5.41) is 1.36. The maximum atomic E-state index is 14.2. The zero-order valence-corrected chi connectivity index (χ0v) is 25.1. The molecule has 0 fully saturated rings. The molecule has 1 aliphatic carbocycles. The second-order valence-corrected chi connectivity index (χ2v) is 12.4. The Morgan fingerprint density at radius 3 is 2.71 bits per heavy atom. The number of ether oxygens (including phenoxy) is 2. The maximum Gasteiger partial charge on any atom is 0.273 e. The normalized spacial score (nSPS) is 14.6. The van der Waals surface area contributed by atoms with Crippen molar-refractivity contribution in [2.24, 2.45) is 0 Å². The summed E-state index contributed by atoms with van der Waals surface area (Å²) in [5.41, 5.74) is 3.64. The van der Waals surface area contributed by atoms with Crippen LogP contribution >= 0.6 is 11.6 Å². The van der Waals surface area contributed by atoms with Gasteiger partial charge in [0.05, 0.1) is 23.6 Å². The minimum Gasteiger partial charge on any atom is -0.491 e. The molecule has 0 saturated carbocycles. The molecule has 9 nitrogen and oxygen atoms in total. The van der Waals surface area contributed by atoms with Gasteiger partial charge in [0.2, 0.25) is 10.0 Å². The zero-order chi connectivity index (χ0) is 29.7. The lowest BCUT2D eigenvalue weighted by atomic mass is 10.1. The Balaban J connectivity index is 1.49. The molecule has 220 valence electrons. The lowest BCUT2D eigenvalue weighted by molar-refractivity contribution is 0.0659. The number of hydrogen-bond donors (Lipinski definition) is 1. The van der Waals surface area contributed by atoms with Crippen LogP contribution in [0.2, 0.25) is 5.02 Å². The molecule has 2 heterocycles. The van der Waals surface area contributed by atoms with E-state index in [0.717, 1.165) is 22.1 Å². The molecule has 2 aromatic carbocycles. The van der Waals surface area contributed by atoms with E-state index >= 15 is 0 Å². The molecular weight excluding hydrogens is 576 g/mol. The molecule has 0 bridgehead atoms. The van der Waals surface area contributed by atoms with Crippen molar-refractivity contribution in [1.82, 2.24) is 19.6 Å². The first-order chi connectivity index (χ1) is 20.3. The van der Waals surface area contributed by atoms with Gasteiger partial charge in [0.15, 0.2) is 0 Å². The van der Waals surface area contributed by atoms with Gasteiger partial charge in [0.25, 0.3) is 5.91 Å². The van der Waals surface area contributed by atoms with Crippen molar-refractivity contribution >= 4 is 38.4 Å². The van der Waals surface area contributed by atoms with Crippen LogP contribution in [0.25, 0.3) is 10.9 Å². The summed E-state index contributed by atoms with van der Waals surface area (Å²) in [6.45, 7) is 3.26. The van der Waals surface area contributed by atoms with Crippen LogP contribution in [0, 0.1) is 0 Å². The van der Waals surface area contributed by atoms with Gasteiger partial charge in [0.1, 0.15) is 18.1 Å². The Bertz CT molecular complexity index is 1700. The fraction of sp³-hybridized carbons (Fsp3) is 0.323. The summed E-state index contributed by atoms with van der Waals surface area (Å²) in [6.07, 6.45) is 5.12. The molecule has 1 aliphatic rings. The summed E-state index contributed by atoms with van der Waals surface area (Å²) in [5.74, 6) is 0.365. The molecule has 1 amide bonds. The lowest BCUT2D eigenvalue weighted by Crippen LogP contribution is -2.41. The second kappa shape index (κ2) is 13.2. The quantitative estimate of drug-likeness (QED) is 0.230. The van der Waals surface area contributed by atoms with Gasteiger partial charge in [-0.3, -0.25) is 9.78 Å². The number of nitrogens with one attached hydrogen (secondary N) is 1. The van der Waals surface area contributed by atoms with E-state index in [4.69, 9.17) is 21.1 Å². The van der Waals surface area contributed by atoms with Crippen molar-refractivity contribution in [2.45, 2.75) is 43.7 Å². The Morgan fingerprint density at radius 1 is 1.07 bits per heavy atom. The molecular formula is C31H33ClN4O5S. The van der Waals surface area contributed by atoms with Gasteiger partial charge in [0, 0.05) is 48.1 Å². The average molecular weight is 609 g/mol. The third-order valence-corrected chi connectivity index (χ3v) is 8.95. The average Bonchev–Trinajstić information content (AvgIpc) is 3.42. The molecule has 11 heteroatoms. The van der Waals surface area contributed by atoms with Gasteiger partial charge >= 0.3 is 0 Å². The van der Waals surface area contributed by atoms with Crippen LogP contribution in [0.3, 0.4) is 0 Å². The molecule has 2 aromatic heterocycles. The Hall–Kier alpha value is -3.57. The van der Waals surface area contributed by atoms with E-state index in [1.54, 1.807) is 66.9 Å².